The molecule has 1 amide bonds. The van der Waals surface area contributed by atoms with Crippen LogP contribution in [-0.2, 0) is 32.3 Å². The molecule has 1 N–H and O–H groups in total. The van der Waals surface area contributed by atoms with Crippen molar-refractivity contribution in [2.24, 2.45) is 0 Å². The number of nitrogens with zero attached hydrogens (tertiary/aromatic N) is 1. The normalized spacial score (nSPS) is 14.0. The van der Waals surface area contributed by atoms with Crippen molar-refractivity contribution in [1.82, 2.24) is 4.90 Å². The number of carbonyl (C=O) groups excluding carboxylic acids is 2. The number of thiophene rings is 1. The van der Waals surface area contributed by atoms with Crippen LogP contribution in [0.1, 0.15) is 40.6 Å². The Hall–Kier alpha value is -2.43. The van der Waals surface area contributed by atoms with Crippen LogP contribution in [0.3, 0.4) is 0 Å². The Bertz CT molecular complexity index is 1080. The number of benzene rings is 1. The molecule has 32 heavy (non-hydrogen) atoms. The number of sulfone groups is 1. The molecule has 0 fully saturated rings. The lowest BCUT2D eigenvalue weighted by atomic mass is 10.0. The van der Waals surface area contributed by atoms with Crippen molar-refractivity contribution in [2.45, 2.75) is 37.6 Å². The Balaban J connectivity index is 1.64. The van der Waals surface area contributed by atoms with Gasteiger partial charge in [-0.25, -0.2) is 13.2 Å². The van der Waals surface area contributed by atoms with E-state index < -0.39 is 15.8 Å². The number of anilines is 1. The number of rotatable bonds is 9. The van der Waals surface area contributed by atoms with Crippen molar-refractivity contribution >= 4 is 38.1 Å². The van der Waals surface area contributed by atoms with Gasteiger partial charge in [0, 0.05) is 24.4 Å². The van der Waals surface area contributed by atoms with E-state index in [4.69, 9.17) is 9.47 Å². The molecule has 10 heteroatoms. The molecular weight excluding hydrogens is 452 g/mol. The number of nitrogens with one attached hydrogen (secondary N) is 1. The third-order valence-electron chi connectivity index (χ3n) is 5.46. The molecule has 174 valence electrons. The van der Waals surface area contributed by atoms with E-state index in [1.165, 1.54) is 37.7 Å². The Labute approximate surface area is 192 Å². The van der Waals surface area contributed by atoms with Gasteiger partial charge in [0.05, 0.1) is 30.4 Å². The summed E-state index contributed by atoms with van der Waals surface area (Å²) in [7, 11) is -0.669. The maximum Gasteiger partial charge on any atom is 0.341 e. The van der Waals surface area contributed by atoms with Gasteiger partial charge in [-0.2, -0.15) is 0 Å². The quantitative estimate of drug-likeness (QED) is 0.550. The minimum atomic E-state index is -3.50. The number of hydrogen-bond donors (Lipinski definition) is 1. The molecule has 0 bridgehead atoms. The first-order valence-electron chi connectivity index (χ1n) is 10.4. The van der Waals surface area contributed by atoms with Gasteiger partial charge in [-0.05, 0) is 49.2 Å². The summed E-state index contributed by atoms with van der Waals surface area (Å²) in [6, 6.07) is 6.16. The van der Waals surface area contributed by atoms with Crippen LogP contribution in [0.15, 0.2) is 29.2 Å². The molecule has 1 aromatic heterocycles. The van der Waals surface area contributed by atoms with Gasteiger partial charge in [-0.1, -0.05) is 6.92 Å². The predicted molar refractivity (Wildman–Crippen MR) is 123 cm³/mol. The molecule has 0 aliphatic carbocycles. The summed E-state index contributed by atoms with van der Waals surface area (Å²) in [5.41, 5.74) is 1.35. The van der Waals surface area contributed by atoms with Crippen LogP contribution in [0.5, 0.6) is 5.75 Å². The molecule has 0 radical (unpaired) electrons. The van der Waals surface area contributed by atoms with Crippen LogP contribution in [0.2, 0.25) is 0 Å². The average molecular weight is 481 g/mol. The molecule has 3 rings (SSSR count). The summed E-state index contributed by atoms with van der Waals surface area (Å²) in [4.78, 5) is 28.4. The van der Waals surface area contributed by atoms with E-state index in [1.54, 1.807) is 12.1 Å². The second kappa shape index (κ2) is 10.5. The number of fused-ring (bicyclic) bond motifs is 1. The molecule has 1 aromatic carbocycles. The fourth-order valence-corrected chi connectivity index (χ4v) is 6.25. The van der Waals surface area contributed by atoms with Gasteiger partial charge in [0.2, 0.25) is 5.91 Å². The zero-order chi connectivity index (χ0) is 23.3. The summed E-state index contributed by atoms with van der Waals surface area (Å²) >= 11 is 1.39. The molecule has 2 aromatic rings. The summed E-state index contributed by atoms with van der Waals surface area (Å²) in [5, 5.41) is 3.28. The lowest BCUT2D eigenvalue weighted by Crippen LogP contribution is -2.29. The topological polar surface area (TPSA) is 102 Å². The maximum absolute atomic E-state index is 12.5. The second-order valence-corrected chi connectivity index (χ2v) is 10.7. The molecule has 0 unspecified atom stereocenters. The smallest absolute Gasteiger partial charge is 0.341 e. The van der Waals surface area contributed by atoms with Crippen LogP contribution in [0, 0.1) is 0 Å². The van der Waals surface area contributed by atoms with E-state index in [9.17, 15) is 18.0 Å². The number of amides is 1. The highest BCUT2D eigenvalue weighted by Gasteiger charge is 2.29. The van der Waals surface area contributed by atoms with Crippen LogP contribution < -0.4 is 10.1 Å². The van der Waals surface area contributed by atoms with E-state index in [0.717, 1.165) is 36.5 Å². The van der Waals surface area contributed by atoms with E-state index in [-0.39, 0.29) is 29.4 Å². The number of likely N-dealkylation sites (N-methyl/N-ethyl adjacent to an activating group) is 1. The SMILES string of the molecule is CCN1CCc2c(sc(NC(=O)CCCS(=O)(=O)c3ccc(OC)cc3)c2C(=O)OC)C1. The number of methoxy groups -OCH3 is 2. The van der Waals surface area contributed by atoms with Gasteiger partial charge in [0.15, 0.2) is 9.84 Å². The highest BCUT2D eigenvalue weighted by molar-refractivity contribution is 7.91. The Kier molecular flexibility index (Phi) is 7.91. The van der Waals surface area contributed by atoms with Crippen molar-refractivity contribution in [1.29, 1.82) is 0 Å². The van der Waals surface area contributed by atoms with Gasteiger partial charge >= 0.3 is 5.97 Å². The molecule has 0 spiro atoms. The standard InChI is InChI=1S/C22H28N2O6S2/c1-4-24-12-11-17-18(14-24)31-21(20(17)22(26)30-3)23-19(25)6-5-13-32(27,28)16-9-7-15(29-2)8-10-16/h7-10H,4-6,11-14H2,1-3H3,(H,23,25). The Morgan fingerprint density at radius 3 is 2.53 bits per heavy atom. The monoisotopic (exact) mass is 480 g/mol. The van der Waals surface area contributed by atoms with E-state index in [1.807, 2.05) is 0 Å². The molecule has 0 saturated carbocycles. The van der Waals surface area contributed by atoms with E-state index in [2.05, 4.69) is 17.1 Å². The molecule has 8 nitrogen and oxygen atoms in total. The maximum atomic E-state index is 12.5. The van der Waals surface area contributed by atoms with Crippen molar-refractivity contribution < 1.29 is 27.5 Å². The first-order chi connectivity index (χ1) is 15.3. The number of carbonyl (C=O) groups is 2. The zero-order valence-electron chi connectivity index (χ0n) is 18.5. The van der Waals surface area contributed by atoms with Crippen LogP contribution in [-0.4, -0.2) is 58.3 Å². The number of ether oxygens (including phenoxy) is 2. The fraction of sp³-hybridized carbons (Fsp3) is 0.455. The minimum absolute atomic E-state index is 0.0274. The average Bonchev–Trinajstić information content (AvgIpc) is 3.15. The van der Waals surface area contributed by atoms with Crippen molar-refractivity contribution in [3.63, 3.8) is 0 Å². The summed E-state index contributed by atoms with van der Waals surface area (Å²) < 4.78 is 35.0. The van der Waals surface area contributed by atoms with Gasteiger partial charge in [-0.15, -0.1) is 11.3 Å². The van der Waals surface area contributed by atoms with Crippen molar-refractivity contribution in [2.75, 3.05) is 38.4 Å². The minimum Gasteiger partial charge on any atom is -0.497 e. The van der Waals surface area contributed by atoms with Gasteiger partial charge in [-0.3, -0.25) is 9.69 Å². The largest absolute Gasteiger partial charge is 0.497 e. The first-order valence-corrected chi connectivity index (χ1v) is 12.9. The second-order valence-electron chi connectivity index (χ2n) is 7.46. The summed E-state index contributed by atoms with van der Waals surface area (Å²) in [5.74, 6) is -0.371. The van der Waals surface area contributed by atoms with Gasteiger partial charge < -0.3 is 14.8 Å². The number of esters is 1. The fourth-order valence-electron chi connectivity index (χ4n) is 3.65. The van der Waals surface area contributed by atoms with E-state index in [0.29, 0.717) is 16.3 Å². The Morgan fingerprint density at radius 1 is 1.19 bits per heavy atom. The predicted octanol–water partition coefficient (Wildman–Crippen LogP) is 3.11. The summed E-state index contributed by atoms with van der Waals surface area (Å²) in [6.45, 7) is 4.58. The van der Waals surface area contributed by atoms with Crippen LogP contribution in [0.25, 0.3) is 0 Å². The van der Waals surface area contributed by atoms with Crippen molar-refractivity contribution in [3.8, 4) is 5.75 Å². The highest BCUT2D eigenvalue weighted by Crippen LogP contribution is 2.37. The third kappa shape index (κ3) is 5.48. The van der Waals surface area contributed by atoms with Gasteiger partial charge in [0.25, 0.3) is 0 Å². The third-order valence-corrected chi connectivity index (χ3v) is 8.41. The lowest BCUT2D eigenvalue weighted by Gasteiger charge is -2.25. The molecule has 0 saturated heterocycles. The highest BCUT2D eigenvalue weighted by atomic mass is 32.2. The molecular formula is C22H28N2O6S2. The molecule has 0 atom stereocenters. The number of hydrogen-bond acceptors (Lipinski definition) is 8. The van der Waals surface area contributed by atoms with Gasteiger partial charge in [0.1, 0.15) is 10.8 Å². The lowest BCUT2D eigenvalue weighted by molar-refractivity contribution is -0.116. The van der Waals surface area contributed by atoms with E-state index >= 15 is 0 Å². The van der Waals surface area contributed by atoms with Crippen molar-refractivity contribution in [3.05, 3.63) is 40.3 Å². The molecule has 1 aliphatic heterocycles. The molecule has 2 heterocycles. The zero-order valence-corrected chi connectivity index (χ0v) is 20.1. The summed E-state index contributed by atoms with van der Waals surface area (Å²) in [6.07, 6.45) is 0.919. The molecule has 1 aliphatic rings. The van der Waals surface area contributed by atoms with Crippen LogP contribution in [0.4, 0.5) is 5.00 Å². The first kappa shape index (κ1) is 24.2. The van der Waals surface area contributed by atoms with Crippen LogP contribution >= 0.6 is 11.3 Å². The Morgan fingerprint density at radius 2 is 1.91 bits per heavy atom.